The average Bonchev–Trinajstić information content (AvgIpc) is 2.61. The highest BCUT2D eigenvalue weighted by atomic mass is 16.5. The third-order valence-electron chi connectivity index (χ3n) is 4.16. The first-order valence-electron chi connectivity index (χ1n) is 8.23. The van der Waals surface area contributed by atoms with Crippen LogP contribution < -0.4 is 15.4 Å². The maximum atomic E-state index is 11.1. The molecule has 3 rings (SSSR count). The van der Waals surface area contributed by atoms with Gasteiger partial charge in [0, 0.05) is 19.5 Å². The molecule has 0 radical (unpaired) electrons. The number of nitrogens with zero attached hydrogens (tertiary/aromatic N) is 3. The molecule has 6 nitrogen and oxygen atoms in total. The van der Waals surface area contributed by atoms with Crippen LogP contribution in [0, 0.1) is 5.92 Å². The van der Waals surface area contributed by atoms with Gasteiger partial charge in [0.25, 0.3) is 0 Å². The topological polar surface area (TPSA) is 81.3 Å². The van der Waals surface area contributed by atoms with E-state index >= 15 is 0 Å². The quantitative estimate of drug-likeness (QED) is 0.879. The Labute approximate surface area is 141 Å². The van der Waals surface area contributed by atoms with Crippen LogP contribution in [0.25, 0.3) is 0 Å². The van der Waals surface area contributed by atoms with Crippen molar-refractivity contribution in [3.05, 3.63) is 48.3 Å². The molecule has 0 saturated carbocycles. The second kappa shape index (κ2) is 7.77. The summed E-state index contributed by atoms with van der Waals surface area (Å²) < 4.78 is 5.74. The van der Waals surface area contributed by atoms with Crippen molar-refractivity contribution in [3.8, 4) is 5.88 Å². The average molecular weight is 326 g/mol. The molecule has 1 aliphatic rings. The third kappa shape index (κ3) is 4.44. The second-order valence-electron chi connectivity index (χ2n) is 6.11. The number of hydrogen-bond donors (Lipinski definition) is 1. The normalized spacial score (nSPS) is 17.5. The molecule has 2 N–H and O–H groups in total. The van der Waals surface area contributed by atoms with Gasteiger partial charge in [-0.25, -0.2) is 0 Å². The van der Waals surface area contributed by atoms with Gasteiger partial charge in [0.15, 0.2) is 5.82 Å². The van der Waals surface area contributed by atoms with E-state index in [2.05, 4.69) is 14.9 Å². The van der Waals surface area contributed by atoms with Crippen LogP contribution in [-0.4, -0.2) is 29.0 Å². The Morgan fingerprint density at radius 2 is 2.12 bits per heavy atom. The summed E-state index contributed by atoms with van der Waals surface area (Å²) in [6.07, 6.45) is 5.83. The third-order valence-corrected chi connectivity index (χ3v) is 4.16. The van der Waals surface area contributed by atoms with E-state index in [1.54, 1.807) is 12.4 Å². The first-order chi connectivity index (χ1) is 11.7. The van der Waals surface area contributed by atoms with Crippen molar-refractivity contribution in [2.45, 2.75) is 25.9 Å². The van der Waals surface area contributed by atoms with Gasteiger partial charge in [0.2, 0.25) is 11.8 Å². The number of amides is 1. The standard InChI is InChI=1S/C18H22N4O2/c19-16(23)9-15-7-4-8-22(12-15)17-10-20-11-18(21-17)24-13-14-5-2-1-3-6-14/h1-3,5-6,10-11,15H,4,7-9,12-13H2,(H2,19,23). The molecule has 1 fully saturated rings. The van der Waals surface area contributed by atoms with Crippen LogP contribution in [0.5, 0.6) is 5.88 Å². The zero-order valence-corrected chi connectivity index (χ0v) is 13.6. The van der Waals surface area contributed by atoms with E-state index in [1.165, 1.54) is 0 Å². The number of rotatable bonds is 6. The lowest BCUT2D eigenvalue weighted by molar-refractivity contribution is -0.118. The lowest BCUT2D eigenvalue weighted by Gasteiger charge is -2.32. The summed E-state index contributed by atoms with van der Waals surface area (Å²) in [4.78, 5) is 22.1. The van der Waals surface area contributed by atoms with Crippen molar-refractivity contribution in [3.63, 3.8) is 0 Å². The van der Waals surface area contributed by atoms with Crippen LogP contribution in [0.4, 0.5) is 5.82 Å². The minimum atomic E-state index is -0.243. The van der Waals surface area contributed by atoms with Crippen molar-refractivity contribution < 1.29 is 9.53 Å². The molecule has 24 heavy (non-hydrogen) atoms. The molecular weight excluding hydrogens is 304 g/mol. The molecule has 0 spiro atoms. The first-order valence-corrected chi connectivity index (χ1v) is 8.23. The van der Waals surface area contributed by atoms with Gasteiger partial charge in [-0.1, -0.05) is 30.3 Å². The fourth-order valence-corrected chi connectivity index (χ4v) is 3.02. The van der Waals surface area contributed by atoms with Gasteiger partial charge >= 0.3 is 0 Å². The molecule has 1 atom stereocenters. The Bertz CT molecular complexity index is 678. The van der Waals surface area contributed by atoms with Gasteiger partial charge in [-0.3, -0.25) is 9.78 Å². The molecule has 0 bridgehead atoms. The second-order valence-corrected chi connectivity index (χ2v) is 6.11. The predicted octanol–water partition coefficient (Wildman–Crippen LogP) is 2.15. The van der Waals surface area contributed by atoms with Crippen molar-refractivity contribution >= 4 is 11.7 Å². The first kappa shape index (κ1) is 16.2. The molecule has 2 heterocycles. The van der Waals surface area contributed by atoms with Crippen LogP contribution in [0.3, 0.4) is 0 Å². The van der Waals surface area contributed by atoms with E-state index < -0.39 is 0 Å². The Morgan fingerprint density at radius 1 is 1.29 bits per heavy atom. The van der Waals surface area contributed by atoms with E-state index in [-0.39, 0.29) is 11.8 Å². The Kier molecular flexibility index (Phi) is 5.25. The Hall–Kier alpha value is -2.63. The molecule has 1 aromatic heterocycles. The smallest absolute Gasteiger partial charge is 0.234 e. The fourth-order valence-electron chi connectivity index (χ4n) is 3.02. The van der Waals surface area contributed by atoms with E-state index in [9.17, 15) is 4.79 Å². The van der Waals surface area contributed by atoms with E-state index in [0.29, 0.717) is 18.9 Å². The van der Waals surface area contributed by atoms with Crippen molar-refractivity contribution in [2.24, 2.45) is 11.7 Å². The van der Waals surface area contributed by atoms with Gasteiger partial charge in [0.1, 0.15) is 6.61 Å². The van der Waals surface area contributed by atoms with Crippen LogP contribution in [0.15, 0.2) is 42.7 Å². The lowest BCUT2D eigenvalue weighted by Crippen LogP contribution is -2.37. The number of primary amides is 1. The van der Waals surface area contributed by atoms with Gasteiger partial charge in [-0.2, -0.15) is 4.98 Å². The van der Waals surface area contributed by atoms with Crippen molar-refractivity contribution in [1.82, 2.24) is 9.97 Å². The number of anilines is 1. The zero-order chi connectivity index (χ0) is 16.8. The highest BCUT2D eigenvalue weighted by molar-refractivity contribution is 5.74. The van der Waals surface area contributed by atoms with Gasteiger partial charge < -0.3 is 15.4 Å². The summed E-state index contributed by atoms with van der Waals surface area (Å²) in [6.45, 7) is 2.15. The van der Waals surface area contributed by atoms with Gasteiger partial charge in [0.05, 0.1) is 12.4 Å². The van der Waals surface area contributed by atoms with Crippen LogP contribution in [0.2, 0.25) is 0 Å². The summed E-state index contributed by atoms with van der Waals surface area (Å²) in [5.74, 6) is 1.34. The number of piperidine rings is 1. The number of aromatic nitrogens is 2. The van der Waals surface area contributed by atoms with Crippen molar-refractivity contribution in [1.29, 1.82) is 0 Å². The Morgan fingerprint density at radius 3 is 2.92 bits per heavy atom. The molecule has 126 valence electrons. The number of carbonyl (C=O) groups is 1. The lowest BCUT2D eigenvalue weighted by atomic mass is 9.94. The maximum Gasteiger partial charge on any atom is 0.234 e. The highest BCUT2D eigenvalue weighted by Gasteiger charge is 2.22. The van der Waals surface area contributed by atoms with E-state index in [4.69, 9.17) is 10.5 Å². The molecule has 0 aliphatic carbocycles. The molecule has 1 unspecified atom stereocenters. The summed E-state index contributed by atoms with van der Waals surface area (Å²) in [7, 11) is 0. The minimum absolute atomic E-state index is 0.243. The van der Waals surface area contributed by atoms with Gasteiger partial charge in [-0.15, -0.1) is 0 Å². The molecule has 2 aromatic rings. The molecule has 1 amide bonds. The molecular formula is C18H22N4O2. The highest BCUT2D eigenvalue weighted by Crippen LogP contribution is 2.24. The molecule has 1 saturated heterocycles. The predicted molar refractivity (Wildman–Crippen MR) is 91.6 cm³/mol. The summed E-state index contributed by atoms with van der Waals surface area (Å²) in [5, 5.41) is 0. The summed E-state index contributed by atoms with van der Waals surface area (Å²) in [6, 6.07) is 9.95. The monoisotopic (exact) mass is 326 g/mol. The van der Waals surface area contributed by atoms with E-state index in [0.717, 1.165) is 37.3 Å². The van der Waals surface area contributed by atoms with Gasteiger partial charge in [-0.05, 0) is 24.3 Å². The Balaban J connectivity index is 1.63. The summed E-state index contributed by atoms with van der Waals surface area (Å²) in [5.41, 5.74) is 6.41. The molecule has 1 aliphatic heterocycles. The number of carbonyl (C=O) groups excluding carboxylic acids is 1. The largest absolute Gasteiger partial charge is 0.472 e. The fraction of sp³-hybridized carbons (Fsp3) is 0.389. The zero-order valence-electron chi connectivity index (χ0n) is 13.6. The number of ether oxygens (including phenoxy) is 1. The van der Waals surface area contributed by atoms with Crippen LogP contribution >= 0.6 is 0 Å². The van der Waals surface area contributed by atoms with Crippen LogP contribution in [0.1, 0.15) is 24.8 Å². The SMILES string of the molecule is NC(=O)CC1CCCN(c2cncc(OCc3ccccc3)n2)C1. The number of benzene rings is 1. The molecule has 1 aromatic carbocycles. The van der Waals surface area contributed by atoms with E-state index in [1.807, 2.05) is 30.3 Å². The minimum Gasteiger partial charge on any atom is -0.472 e. The summed E-state index contributed by atoms with van der Waals surface area (Å²) >= 11 is 0. The van der Waals surface area contributed by atoms with Crippen LogP contribution in [-0.2, 0) is 11.4 Å². The number of hydrogen-bond acceptors (Lipinski definition) is 5. The number of nitrogens with two attached hydrogens (primary N) is 1. The maximum absolute atomic E-state index is 11.1. The van der Waals surface area contributed by atoms with Crippen molar-refractivity contribution in [2.75, 3.05) is 18.0 Å². The molecule has 6 heteroatoms.